The molecule has 0 radical (unpaired) electrons. The van der Waals surface area contributed by atoms with Gasteiger partial charge < -0.3 is 15.4 Å². The lowest BCUT2D eigenvalue weighted by Gasteiger charge is -2.21. The summed E-state index contributed by atoms with van der Waals surface area (Å²) in [5.41, 5.74) is 0.399. The maximum atomic E-state index is 14.1. The maximum Gasteiger partial charge on any atom is 0.331 e. The van der Waals surface area contributed by atoms with Crippen LogP contribution in [0.25, 0.3) is 0 Å². The Morgan fingerprint density at radius 1 is 1.16 bits per heavy atom. The molecule has 170 valence electrons. The van der Waals surface area contributed by atoms with Crippen LogP contribution in [-0.2, 0) is 4.79 Å². The van der Waals surface area contributed by atoms with Crippen LogP contribution in [0.3, 0.4) is 0 Å². The summed E-state index contributed by atoms with van der Waals surface area (Å²) < 4.78 is 19.0. The number of nitrogens with one attached hydrogen (secondary N) is 3. The number of hydrogen-bond acceptors (Lipinski definition) is 8. The van der Waals surface area contributed by atoms with E-state index < -0.39 is 17.8 Å². The molecule has 1 aliphatic heterocycles. The van der Waals surface area contributed by atoms with E-state index in [1.165, 1.54) is 51.3 Å². The van der Waals surface area contributed by atoms with Crippen LogP contribution in [0, 0.1) is 11.7 Å². The van der Waals surface area contributed by atoms with Gasteiger partial charge >= 0.3 is 6.03 Å². The summed E-state index contributed by atoms with van der Waals surface area (Å²) in [6.45, 7) is 0.497. The average molecular weight is 443 g/mol. The zero-order valence-electron chi connectivity index (χ0n) is 17.9. The van der Waals surface area contributed by atoms with Crippen LogP contribution in [0.15, 0.2) is 18.2 Å². The quantitative estimate of drug-likeness (QED) is 0.532. The van der Waals surface area contributed by atoms with E-state index in [-0.39, 0.29) is 30.1 Å². The summed E-state index contributed by atoms with van der Waals surface area (Å²) in [5, 5.41) is 8.33. The fraction of sp³-hybridized carbons (Fsp3) is 0.476. The Bertz CT molecular complexity index is 997. The smallest absolute Gasteiger partial charge is 0.331 e. The predicted molar refractivity (Wildman–Crippen MR) is 117 cm³/mol. The second-order valence-corrected chi connectivity index (χ2v) is 7.92. The molecule has 2 aliphatic rings. The fourth-order valence-corrected chi connectivity index (χ4v) is 3.96. The number of rotatable bonds is 8. The number of carbonyl (C=O) groups is 2. The van der Waals surface area contributed by atoms with Crippen LogP contribution < -0.4 is 25.6 Å². The Labute approximate surface area is 185 Å². The minimum atomic E-state index is -0.601. The number of carbonyl (C=O) groups excluding carboxylic acids is 2. The highest BCUT2D eigenvalue weighted by Crippen LogP contribution is 2.27. The molecule has 3 amide bonds. The minimum absolute atomic E-state index is 0.0278. The molecule has 1 aromatic heterocycles. The van der Waals surface area contributed by atoms with Gasteiger partial charge in [-0.2, -0.15) is 15.0 Å². The van der Waals surface area contributed by atoms with Gasteiger partial charge in [-0.25, -0.2) is 9.18 Å². The number of nitrogens with zero attached hydrogens (tertiary/aromatic N) is 4. The molecule has 2 heterocycles. The number of anilines is 4. The molecule has 1 saturated carbocycles. The summed E-state index contributed by atoms with van der Waals surface area (Å²) in [7, 11) is 1.39. The van der Waals surface area contributed by atoms with Gasteiger partial charge in [-0.15, -0.1) is 0 Å². The minimum Gasteiger partial charge on any atom is -0.494 e. The second-order valence-electron chi connectivity index (χ2n) is 7.92. The van der Waals surface area contributed by atoms with Crippen molar-refractivity contribution in [2.24, 2.45) is 5.92 Å². The molecule has 2 aromatic rings. The van der Waals surface area contributed by atoms with Crippen molar-refractivity contribution < 1.29 is 18.7 Å². The highest BCUT2D eigenvalue weighted by Gasteiger charge is 2.31. The Morgan fingerprint density at radius 3 is 2.62 bits per heavy atom. The van der Waals surface area contributed by atoms with Gasteiger partial charge in [0.15, 0.2) is 11.6 Å². The third-order valence-electron chi connectivity index (χ3n) is 5.63. The van der Waals surface area contributed by atoms with E-state index in [0.717, 1.165) is 11.3 Å². The molecule has 0 atom stereocenters. The third-order valence-corrected chi connectivity index (χ3v) is 5.63. The van der Waals surface area contributed by atoms with Crippen molar-refractivity contribution in [3.63, 3.8) is 0 Å². The number of aromatic nitrogens is 3. The first-order valence-electron chi connectivity index (χ1n) is 10.7. The summed E-state index contributed by atoms with van der Waals surface area (Å²) in [6.07, 6.45) is 7.30. The number of benzene rings is 1. The molecule has 1 aliphatic carbocycles. The van der Waals surface area contributed by atoms with Crippen molar-refractivity contribution in [3.8, 4) is 5.75 Å². The van der Waals surface area contributed by atoms with Gasteiger partial charge in [-0.05, 0) is 24.5 Å². The summed E-state index contributed by atoms with van der Waals surface area (Å²) in [6, 6.07) is 3.75. The maximum absolute atomic E-state index is 14.1. The zero-order valence-corrected chi connectivity index (χ0v) is 17.9. The van der Waals surface area contributed by atoms with Gasteiger partial charge in [0, 0.05) is 18.3 Å². The van der Waals surface area contributed by atoms with Crippen LogP contribution in [0.5, 0.6) is 5.75 Å². The molecule has 0 spiro atoms. The molecular weight excluding hydrogens is 417 g/mol. The monoisotopic (exact) mass is 443 g/mol. The molecule has 11 heteroatoms. The SMILES string of the molecule is COc1ccc(Nc2nc(NCCC3CCCCC3)nc(N3CC(=O)NC3=O)n2)cc1F. The molecular formula is C21H26FN7O3. The lowest BCUT2D eigenvalue weighted by molar-refractivity contribution is -0.117. The van der Waals surface area contributed by atoms with Gasteiger partial charge in [0.1, 0.15) is 6.54 Å². The number of hydrogen-bond donors (Lipinski definition) is 3. The van der Waals surface area contributed by atoms with E-state index in [9.17, 15) is 14.0 Å². The van der Waals surface area contributed by atoms with Crippen molar-refractivity contribution in [1.29, 1.82) is 0 Å². The van der Waals surface area contributed by atoms with Gasteiger partial charge in [0.05, 0.1) is 7.11 Å². The summed E-state index contributed by atoms with van der Waals surface area (Å²) >= 11 is 0. The van der Waals surface area contributed by atoms with Crippen molar-refractivity contribution in [2.75, 3.05) is 35.7 Å². The lowest BCUT2D eigenvalue weighted by Crippen LogP contribution is -2.30. The van der Waals surface area contributed by atoms with E-state index in [2.05, 4.69) is 30.9 Å². The standard InChI is InChI=1S/C21H26FN7O3/c1-32-16-8-7-14(11-15(16)22)24-19-26-18(23-10-9-13-5-3-2-4-6-13)27-20(28-19)29-12-17(30)25-21(29)31/h7-8,11,13H,2-6,9-10,12H2,1H3,(H,25,30,31)(H2,23,24,26,27,28). The number of imide groups is 1. The highest BCUT2D eigenvalue weighted by molar-refractivity contribution is 6.11. The molecule has 4 rings (SSSR count). The van der Waals surface area contributed by atoms with Crippen molar-refractivity contribution in [2.45, 2.75) is 38.5 Å². The predicted octanol–water partition coefficient (Wildman–Crippen LogP) is 3.20. The van der Waals surface area contributed by atoms with Crippen molar-refractivity contribution >= 4 is 35.5 Å². The zero-order chi connectivity index (χ0) is 22.5. The molecule has 2 fully saturated rings. The van der Waals surface area contributed by atoms with Crippen LogP contribution in [0.2, 0.25) is 0 Å². The summed E-state index contributed by atoms with van der Waals surface area (Å²) in [4.78, 5) is 37.8. The first kappa shape index (κ1) is 21.7. The highest BCUT2D eigenvalue weighted by atomic mass is 19.1. The average Bonchev–Trinajstić information content (AvgIpc) is 3.12. The lowest BCUT2D eigenvalue weighted by atomic mass is 9.87. The largest absolute Gasteiger partial charge is 0.494 e. The van der Waals surface area contributed by atoms with Gasteiger partial charge in [-0.1, -0.05) is 32.1 Å². The Kier molecular flexibility index (Phi) is 6.62. The van der Waals surface area contributed by atoms with Gasteiger partial charge in [-0.3, -0.25) is 15.0 Å². The Hall–Kier alpha value is -3.50. The molecule has 3 N–H and O–H groups in total. The first-order chi connectivity index (χ1) is 15.5. The molecule has 1 saturated heterocycles. The van der Waals surface area contributed by atoms with Gasteiger partial charge in [0.2, 0.25) is 23.8 Å². The number of ether oxygens (including phenoxy) is 1. The van der Waals surface area contributed by atoms with E-state index in [1.54, 1.807) is 6.07 Å². The Morgan fingerprint density at radius 2 is 1.94 bits per heavy atom. The number of amides is 3. The normalized spacial score (nSPS) is 16.8. The van der Waals surface area contributed by atoms with Crippen LogP contribution >= 0.6 is 0 Å². The van der Waals surface area contributed by atoms with E-state index >= 15 is 0 Å². The van der Waals surface area contributed by atoms with Crippen LogP contribution in [0.1, 0.15) is 38.5 Å². The molecule has 0 bridgehead atoms. The van der Waals surface area contributed by atoms with E-state index in [1.807, 2.05) is 0 Å². The number of urea groups is 1. The first-order valence-corrected chi connectivity index (χ1v) is 10.7. The van der Waals surface area contributed by atoms with Crippen molar-refractivity contribution in [3.05, 3.63) is 24.0 Å². The second kappa shape index (κ2) is 9.75. The van der Waals surface area contributed by atoms with E-state index in [4.69, 9.17) is 4.74 Å². The third kappa shape index (κ3) is 5.21. The molecule has 0 unspecified atom stereocenters. The number of halogens is 1. The topological polar surface area (TPSA) is 121 Å². The number of methoxy groups -OCH3 is 1. The Balaban J connectivity index is 1.53. The molecule has 1 aromatic carbocycles. The van der Waals surface area contributed by atoms with Crippen LogP contribution in [0.4, 0.5) is 32.7 Å². The van der Waals surface area contributed by atoms with Crippen molar-refractivity contribution in [1.82, 2.24) is 20.3 Å². The fourth-order valence-electron chi connectivity index (χ4n) is 3.96. The molecule has 32 heavy (non-hydrogen) atoms. The van der Waals surface area contributed by atoms with Crippen LogP contribution in [-0.4, -0.2) is 47.1 Å². The van der Waals surface area contributed by atoms with Gasteiger partial charge in [0.25, 0.3) is 0 Å². The summed E-state index contributed by atoms with van der Waals surface area (Å²) in [5.74, 6) is 0.237. The molecule has 10 nitrogen and oxygen atoms in total. The van der Waals surface area contributed by atoms with E-state index in [0.29, 0.717) is 18.2 Å².